The maximum absolute atomic E-state index is 12.8. The molecule has 130 valence electrons. The molecule has 2 fully saturated rings. The Kier molecular flexibility index (Phi) is 5.04. The topological polar surface area (TPSA) is 87.5 Å². The molecular weight excluding hydrogens is 304 g/mol. The van der Waals surface area contributed by atoms with Gasteiger partial charge in [0, 0.05) is 30.4 Å². The molecule has 1 aliphatic carbocycles. The van der Waals surface area contributed by atoms with Crippen LogP contribution >= 0.6 is 0 Å². The molecule has 1 aromatic carbocycles. The Labute approximate surface area is 142 Å². The van der Waals surface area contributed by atoms with E-state index in [9.17, 15) is 9.59 Å². The number of hydrogen-bond acceptors (Lipinski definition) is 3. The van der Waals surface area contributed by atoms with Crippen molar-refractivity contribution in [2.75, 3.05) is 24.5 Å². The van der Waals surface area contributed by atoms with Gasteiger partial charge in [-0.2, -0.15) is 0 Å². The van der Waals surface area contributed by atoms with E-state index in [2.05, 4.69) is 10.6 Å². The second kappa shape index (κ2) is 7.21. The normalized spacial score (nSPS) is 23.9. The third kappa shape index (κ3) is 3.24. The first-order valence-electron chi connectivity index (χ1n) is 8.77. The standard InChI is InChI=1S/C18H26N4O2/c1-12-14(6-4-8-16(12)22-10-9-20-18(22)24)17(23)21-15-7-3-2-5-13(15)11-19/h4,6,8,13,15H,2-3,5,7,9-11,19H2,1H3,(H,20,24)(H,21,23)/t13-,15+/m1/s1. The number of nitrogens with one attached hydrogen (secondary N) is 2. The zero-order valence-electron chi connectivity index (χ0n) is 14.2. The van der Waals surface area contributed by atoms with Gasteiger partial charge in [-0.1, -0.05) is 18.9 Å². The fourth-order valence-corrected chi connectivity index (χ4v) is 3.79. The van der Waals surface area contributed by atoms with E-state index < -0.39 is 0 Å². The van der Waals surface area contributed by atoms with Crippen molar-refractivity contribution in [3.05, 3.63) is 29.3 Å². The van der Waals surface area contributed by atoms with Gasteiger partial charge in [0.05, 0.1) is 0 Å². The van der Waals surface area contributed by atoms with Gasteiger partial charge in [-0.3, -0.25) is 9.69 Å². The zero-order chi connectivity index (χ0) is 17.1. The number of carbonyl (C=O) groups excluding carboxylic acids is 2. The van der Waals surface area contributed by atoms with Crippen molar-refractivity contribution in [1.82, 2.24) is 10.6 Å². The lowest BCUT2D eigenvalue weighted by Gasteiger charge is -2.31. The molecule has 0 bridgehead atoms. The third-order valence-electron chi connectivity index (χ3n) is 5.23. The molecule has 0 radical (unpaired) electrons. The Bertz CT molecular complexity index is 631. The number of benzene rings is 1. The van der Waals surface area contributed by atoms with Crippen LogP contribution in [-0.2, 0) is 0 Å². The first-order valence-corrected chi connectivity index (χ1v) is 8.77. The van der Waals surface area contributed by atoms with Crippen molar-refractivity contribution in [3.63, 3.8) is 0 Å². The van der Waals surface area contributed by atoms with Crippen molar-refractivity contribution < 1.29 is 9.59 Å². The molecule has 1 aliphatic heterocycles. The van der Waals surface area contributed by atoms with Gasteiger partial charge < -0.3 is 16.4 Å². The number of amides is 3. The maximum Gasteiger partial charge on any atom is 0.322 e. The molecule has 6 heteroatoms. The summed E-state index contributed by atoms with van der Waals surface area (Å²) in [5, 5.41) is 5.96. The van der Waals surface area contributed by atoms with E-state index >= 15 is 0 Å². The molecule has 2 atom stereocenters. The Morgan fingerprint density at radius 1 is 1.38 bits per heavy atom. The predicted octanol–water partition coefficient (Wildman–Crippen LogP) is 1.77. The minimum atomic E-state index is -0.105. The number of nitrogens with two attached hydrogens (primary N) is 1. The van der Waals surface area contributed by atoms with Crippen LogP contribution in [0.2, 0.25) is 0 Å². The number of hydrogen-bond donors (Lipinski definition) is 3. The number of anilines is 1. The van der Waals surface area contributed by atoms with E-state index in [-0.39, 0.29) is 18.0 Å². The van der Waals surface area contributed by atoms with Gasteiger partial charge in [0.15, 0.2) is 0 Å². The van der Waals surface area contributed by atoms with Crippen molar-refractivity contribution in [2.45, 2.75) is 38.6 Å². The molecule has 1 saturated carbocycles. The lowest BCUT2D eigenvalue weighted by atomic mass is 9.84. The number of urea groups is 1. The van der Waals surface area contributed by atoms with Crippen molar-refractivity contribution >= 4 is 17.6 Å². The lowest BCUT2D eigenvalue weighted by molar-refractivity contribution is 0.0907. The van der Waals surface area contributed by atoms with Gasteiger partial charge >= 0.3 is 6.03 Å². The van der Waals surface area contributed by atoms with Crippen LogP contribution in [0.5, 0.6) is 0 Å². The summed E-state index contributed by atoms with van der Waals surface area (Å²) in [6.45, 7) is 3.77. The highest BCUT2D eigenvalue weighted by Gasteiger charge is 2.28. The summed E-state index contributed by atoms with van der Waals surface area (Å²) in [5.41, 5.74) is 8.13. The molecule has 1 aromatic rings. The van der Waals surface area contributed by atoms with Crippen LogP contribution in [0.1, 0.15) is 41.6 Å². The zero-order valence-corrected chi connectivity index (χ0v) is 14.2. The van der Waals surface area contributed by atoms with Crippen LogP contribution in [0.3, 0.4) is 0 Å². The second-order valence-corrected chi connectivity index (χ2v) is 6.69. The van der Waals surface area contributed by atoms with E-state index in [1.807, 2.05) is 25.1 Å². The quantitative estimate of drug-likeness (QED) is 0.786. The predicted molar refractivity (Wildman–Crippen MR) is 94.2 cm³/mol. The molecule has 0 spiro atoms. The molecule has 3 amide bonds. The molecule has 3 rings (SSSR count). The highest BCUT2D eigenvalue weighted by Crippen LogP contribution is 2.27. The van der Waals surface area contributed by atoms with Crippen LogP contribution in [0.15, 0.2) is 18.2 Å². The van der Waals surface area contributed by atoms with E-state index in [0.717, 1.165) is 30.5 Å². The van der Waals surface area contributed by atoms with Crippen molar-refractivity contribution in [3.8, 4) is 0 Å². The van der Waals surface area contributed by atoms with Gasteiger partial charge in [0.2, 0.25) is 0 Å². The molecule has 0 unspecified atom stereocenters. The molecular formula is C18H26N4O2. The van der Waals surface area contributed by atoms with Crippen LogP contribution < -0.4 is 21.3 Å². The first-order chi connectivity index (χ1) is 11.6. The summed E-state index contributed by atoms with van der Waals surface area (Å²) < 4.78 is 0. The fourth-order valence-electron chi connectivity index (χ4n) is 3.79. The molecule has 4 N–H and O–H groups in total. The summed E-state index contributed by atoms with van der Waals surface area (Å²) in [7, 11) is 0. The highest BCUT2D eigenvalue weighted by atomic mass is 16.2. The Morgan fingerprint density at radius 2 is 2.17 bits per heavy atom. The molecule has 2 aliphatic rings. The fraction of sp³-hybridized carbons (Fsp3) is 0.556. The molecule has 1 heterocycles. The van der Waals surface area contributed by atoms with E-state index in [4.69, 9.17) is 5.73 Å². The minimum absolute atomic E-state index is 0.0701. The number of carbonyl (C=O) groups is 2. The molecule has 0 aromatic heterocycles. The average molecular weight is 330 g/mol. The summed E-state index contributed by atoms with van der Waals surface area (Å²) in [6, 6.07) is 5.59. The van der Waals surface area contributed by atoms with Gasteiger partial charge in [0.25, 0.3) is 5.91 Å². The van der Waals surface area contributed by atoms with Gasteiger partial charge in [-0.25, -0.2) is 4.79 Å². The summed E-state index contributed by atoms with van der Waals surface area (Å²) in [5.74, 6) is 0.287. The van der Waals surface area contributed by atoms with Gasteiger partial charge in [-0.05, 0) is 49.9 Å². The van der Waals surface area contributed by atoms with Crippen molar-refractivity contribution in [2.24, 2.45) is 11.7 Å². The SMILES string of the molecule is Cc1c(C(=O)N[C@H]2CCCC[C@@H]2CN)cccc1N1CCNC1=O. The highest BCUT2D eigenvalue weighted by molar-refractivity contribution is 6.00. The Balaban J connectivity index is 1.78. The van der Waals surface area contributed by atoms with Gasteiger partial charge in [-0.15, -0.1) is 0 Å². The van der Waals surface area contributed by atoms with Crippen LogP contribution in [0.25, 0.3) is 0 Å². The average Bonchev–Trinajstić information content (AvgIpc) is 3.01. The minimum Gasteiger partial charge on any atom is -0.349 e. The smallest absolute Gasteiger partial charge is 0.322 e. The number of rotatable bonds is 4. The third-order valence-corrected chi connectivity index (χ3v) is 5.23. The van der Waals surface area contributed by atoms with E-state index in [1.54, 1.807) is 4.90 Å². The first kappa shape index (κ1) is 16.8. The largest absolute Gasteiger partial charge is 0.349 e. The lowest BCUT2D eigenvalue weighted by Crippen LogP contribution is -2.45. The van der Waals surface area contributed by atoms with E-state index in [0.29, 0.717) is 31.1 Å². The van der Waals surface area contributed by atoms with Crippen molar-refractivity contribution in [1.29, 1.82) is 0 Å². The molecule has 24 heavy (non-hydrogen) atoms. The molecule has 1 saturated heterocycles. The summed E-state index contributed by atoms with van der Waals surface area (Å²) >= 11 is 0. The maximum atomic E-state index is 12.8. The van der Waals surface area contributed by atoms with Gasteiger partial charge in [0.1, 0.15) is 0 Å². The summed E-state index contributed by atoms with van der Waals surface area (Å²) in [6.07, 6.45) is 4.39. The second-order valence-electron chi connectivity index (χ2n) is 6.69. The summed E-state index contributed by atoms with van der Waals surface area (Å²) in [4.78, 5) is 26.4. The number of nitrogens with zero attached hydrogens (tertiary/aromatic N) is 1. The molecule has 6 nitrogen and oxygen atoms in total. The Hall–Kier alpha value is -2.08. The van der Waals surface area contributed by atoms with E-state index in [1.165, 1.54) is 6.42 Å². The monoisotopic (exact) mass is 330 g/mol. The van der Waals surface area contributed by atoms with Crippen LogP contribution in [-0.4, -0.2) is 37.6 Å². The Morgan fingerprint density at radius 3 is 2.88 bits per heavy atom. The van der Waals surface area contributed by atoms with Crippen LogP contribution in [0, 0.1) is 12.8 Å². The van der Waals surface area contributed by atoms with Crippen LogP contribution in [0.4, 0.5) is 10.5 Å².